The fourth-order valence-corrected chi connectivity index (χ4v) is 2.03. The lowest BCUT2D eigenvalue weighted by atomic mass is 9.74. The van der Waals surface area contributed by atoms with E-state index in [4.69, 9.17) is 0 Å². The Labute approximate surface area is 99.3 Å². The van der Waals surface area contributed by atoms with E-state index in [1.807, 2.05) is 0 Å². The molecule has 2 unspecified atom stereocenters. The van der Waals surface area contributed by atoms with Crippen molar-refractivity contribution in [1.29, 1.82) is 0 Å². The second-order valence-electron chi connectivity index (χ2n) is 4.61. The van der Waals surface area contributed by atoms with Crippen molar-refractivity contribution in [3.05, 3.63) is 35.6 Å². The molecule has 96 valence electrons. The van der Waals surface area contributed by atoms with Crippen molar-refractivity contribution in [2.75, 3.05) is 0 Å². The van der Waals surface area contributed by atoms with E-state index in [0.29, 0.717) is 5.56 Å². The largest absolute Gasteiger partial charge is 0.384 e. The molecule has 0 saturated carbocycles. The van der Waals surface area contributed by atoms with Gasteiger partial charge in [0, 0.05) is 0 Å². The van der Waals surface area contributed by atoms with Crippen LogP contribution in [0, 0.1) is 17.7 Å². The molecule has 0 bridgehead atoms. The zero-order chi connectivity index (χ0) is 13.2. The van der Waals surface area contributed by atoms with E-state index in [2.05, 4.69) is 0 Å². The first-order valence-electron chi connectivity index (χ1n) is 5.56. The van der Waals surface area contributed by atoms with Crippen LogP contribution in [0.1, 0.15) is 26.3 Å². The minimum absolute atomic E-state index is 0.321. The Balaban J connectivity index is 3.20. The fraction of sp³-hybridized carbons (Fsp3) is 0.538. The van der Waals surface area contributed by atoms with E-state index < -0.39 is 29.7 Å². The van der Waals surface area contributed by atoms with Crippen molar-refractivity contribution in [3.63, 3.8) is 0 Å². The zero-order valence-electron chi connectivity index (χ0n) is 10.1. The van der Waals surface area contributed by atoms with Crippen molar-refractivity contribution in [2.45, 2.75) is 32.8 Å². The monoisotopic (exact) mass is 246 g/mol. The van der Waals surface area contributed by atoms with Crippen molar-refractivity contribution in [3.8, 4) is 0 Å². The van der Waals surface area contributed by atoms with Gasteiger partial charge in [-0.2, -0.15) is 0 Å². The Morgan fingerprint density at radius 3 is 1.88 bits per heavy atom. The maximum absolute atomic E-state index is 12.8. The minimum Gasteiger partial charge on any atom is -0.384 e. The van der Waals surface area contributed by atoms with E-state index >= 15 is 0 Å². The van der Waals surface area contributed by atoms with Gasteiger partial charge in [0.1, 0.15) is 5.82 Å². The van der Waals surface area contributed by atoms with E-state index in [-0.39, 0.29) is 0 Å². The van der Waals surface area contributed by atoms with Crippen LogP contribution in [0.15, 0.2) is 24.3 Å². The van der Waals surface area contributed by atoms with E-state index in [1.54, 1.807) is 13.8 Å². The summed E-state index contributed by atoms with van der Waals surface area (Å²) in [5.41, 5.74) is -1.33. The van der Waals surface area contributed by atoms with Crippen molar-refractivity contribution >= 4 is 0 Å². The first kappa shape index (κ1) is 14.0. The number of aliphatic hydroxyl groups is 1. The maximum Gasteiger partial charge on any atom is 0.244 e. The van der Waals surface area contributed by atoms with Crippen LogP contribution in [0.3, 0.4) is 0 Å². The predicted molar refractivity (Wildman–Crippen MR) is 60.3 cm³/mol. The maximum atomic E-state index is 12.8. The summed E-state index contributed by atoms with van der Waals surface area (Å²) < 4.78 is 38.4. The zero-order valence-corrected chi connectivity index (χ0v) is 10.1. The Kier molecular flexibility index (Phi) is 4.20. The first-order chi connectivity index (χ1) is 7.80. The molecule has 0 amide bonds. The van der Waals surface area contributed by atoms with Gasteiger partial charge in [0.05, 0.1) is 11.5 Å². The van der Waals surface area contributed by atoms with Crippen LogP contribution >= 0.6 is 0 Å². The van der Waals surface area contributed by atoms with Crippen molar-refractivity contribution < 1.29 is 18.3 Å². The highest BCUT2D eigenvalue weighted by Gasteiger charge is 2.43. The van der Waals surface area contributed by atoms with Gasteiger partial charge in [-0.15, -0.1) is 0 Å². The fourth-order valence-electron chi connectivity index (χ4n) is 2.03. The number of hydrogen-bond acceptors (Lipinski definition) is 1. The van der Waals surface area contributed by atoms with Crippen molar-refractivity contribution in [1.82, 2.24) is 0 Å². The van der Waals surface area contributed by atoms with E-state index in [0.717, 1.165) is 0 Å². The number of halogens is 3. The molecule has 1 aromatic carbocycles. The molecule has 0 aromatic heterocycles. The molecule has 0 spiro atoms. The molecule has 1 N–H and O–H groups in total. The van der Waals surface area contributed by atoms with Gasteiger partial charge in [0.15, 0.2) is 0 Å². The van der Waals surface area contributed by atoms with E-state index in [1.165, 1.54) is 31.2 Å². The quantitative estimate of drug-likeness (QED) is 0.861. The smallest absolute Gasteiger partial charge is 0.244 e. The second kappa shape index (κ2) is 5.08. The second-order valence-corrected chi connectivity index (χ2v) is 4.61. The lowest BCUT2D eigenvalue weighted by Crippen LogP contribution is -2.42. The van der Waals surface area contributed by atoms with E-state index in [9.17, 15) is 18.3 Å². The van der Waals surface area contributed by atoms with Gasteiger partial charge in [0.25, 0.3) is 0 Å². The highest BCUT2D eigenvalue weighted by molar-refractivity contribution is 5.24. The molecule has 2 atom stereocenters. The minimum atomic E-state index is -2.63. The SMILES string of the molecule is CC(C)C(O)(c1ccc(F)cc1)C(C)C(F)F. The van der Waals surface area contributed by atoms with Crippen LogP contribution in [0.4, 0.5) is 13.2 Å². The average Bonchev–Trinajstić information content (AvgIpc) is 2.27. The summed E-state index contributed by atoms with van der Waals surface area (Å²) in [4.78, 5) is 0. The van der Waals surface area contributed by atoms with Gasteiger partial charge in [-0.1, -0.05) is 32.9 Å². The Bertz CT molecular complexity index is 361. The van der Waals surface area contributed by atoms with Gasteiger partial charge in [0.2, 0.25) is 6.43 Å². The normalized spacial score (nSPS) is 17.2. The van der Waals surface area contributed by atoms with Gasteiger partial charge in [-0.3, -0.25) is 0 Å². The summed E-state index contributed by atoms with van der Waals surface area (Å²) in [6.07, 6.45) is -2.63. The molecule has 0 aliphatic carbocycles. The molecule has 17 heavy (non-hydrogen) atoms. The van der Waals surface area contributed by atoms with Crippen LogP contribution < -0.4 is 0 Å². The standard InChI is InChI=1S/C13H17F3O/c1-8(2)13(17,9(3)12(15)16)10-4-6-11(14)7-5-10/h4-9,12,17H,1-3H3. The number of rotatable bonds is 4. The first-order valence-corrected chi connectivity index (χ1v) is 5.56. The molecule has 1 rings (SSSR count). The van der Waals surface area contributed by atoms with Gasteiger partial charge < -0.3 is 5.11 Å². The average molecular weight is 246 g/mol. The topological polar surface area (TPSA) is 20.2 Å². The Hall–Kier alpha value is -1.03. The highest BCUT2D eigenvalue weighted by atomic mass is 19.3. The molecule has 0 radical (unpaired) electrons. The summed E-state index contributed by atoms with van der Waals surface area (Å²) in [7, 11) is 0. The van der Waals surface area contributed by atoms with Gasteiger partial charge in [-0.05, 0) is 23.6 Å². The number of alkyl halides is 2. The summed E-state index contributed by atoms with van der Waals surface area (Å²) in [5.74, 6) is -2.06. The molecule has 0 aliphatic rings. The van der Waals surface area contributed by atoms with Gasteiger partial charge in [-0.25, -0.2) is 13.2 Å². The van der Waals surface area contributed by atoms with Gasteiger partial charge >= 0.3 is 0 Å². The molecule has 1 nitrogen and oxygen atoms in total. The molecular formula is C13H17F3O. The molecule has 0 heterocycles. The number of benzene rings is 1. The molecule has 4 heteroatoms. The third kappa shape index (κ3) is 2.63. The summed E-state index contributed by atoms with van der Waals surface area (Å²) >= 11 is 0. The molecule has 0 aliphatic heterocycles. The summed E-state index contributed by atoms with van der Waals surface area (Å²) in [6, 6.07) is 5.05. The summed E-state index contributed by atoms with van der Waals surface area (Å²) in [5, 5.41) is 10.5. The van der Waals surface area contributed by atoms with Crippen LogP contribution in [0.25, 0.3) is 0 Å². The Morgan fingerprint density at radius 1 is 1.06 bits per heavy atom. The molecule has 0 fully saturated rings. The third-order valence-corrected chi connectivity index (χ3v) is 3.26. The number of hydrogen-bond donors (Lipinski definition) is 1. The van der Waals surface area contributed by atoms with Crippen LogP contribution in [0.5, 0.6) is 0 Å². The van der Waals surface area contributed by atoms with Crippen LogP contribution in [-0.2, 0) is 5.60 Å². The Morgan fingerprint density at radius 2 is 1.53 bits per heavy atom. The molecule has 0 saturated heterocycles. The third-order valence-electron chi connectivity index (χ3n) is 3.26. The lowest BCUT2D eigenvalue weighted by Gasteiger charge is -2.38. The lowest BCUT2D eigenvalue weighted by molar-refractivity contribution is -0.112. The molecular weight excluding hydrogens is 229 g/mol. The molecule has 1 aromatic rings. The highest BCUT2D eigenvalue weighted by Crippen LogP contribution is 2.39. The summed E-state index contributed by atoms with van der Waals surface area (Å²) in [6.45, 7) is 4.64. The van der Waals surface area contributed by atoms with Crippen LogP contribution in [-0.4, -0.2) is 11.5 Å². The van der Waals surface area contributed by atoms with Crippen molar-refractivity contribution in [2.24, 2.45) is 11.8 Å². The predicted octanol–water partition coefficient (Wildman–Crippen LogP) is 3.57. The van der Waals surface area contributed by atoms with Crippen LogP contribution in [0.2, 0.25) is 0 Å².